The number of pyridine rings is 1. The molecule has 1 atom stereocenters. The lowest BCUT2D eigenvalue weighted by Gasteiger charge is -2.24. The van der Waals surface area contributed by atoms with Crippen molar-refractivity contribution < 1.29 is 14.3 Å². The fourth-order valence-electron chi connectivity index (χ4n) is 2.46. The van der Waals surface area contributed by atoms with Crippen LogP contribution in [0.15, 0.2) is 18.3 Å². The third-order valence-electron chi connectivity index (χ3n) is 3.37. The van der Waals surface area contributed by atoms with E-state index in [0.29, 0.717) is 11.8 Å². The van der Waals surface area contributed by atoms with Crippen molar-refractivity contribution in [1.82, 2.24) is 10.3 Å². The van der Waals surface area contributed by atoms with E-state index in [4.69, 9.17) is 4.74 Å². The van der Waals surface area contributed by atoms with Crippen LogP contribution in [0.25, 0.3) is 0 Å². The van der Waals surface area contributed by atoms with Crippen molar-refractivity contribution in [1.29, 1.82) is 0 Å². The molecule has 1 aromatic rings. The van der Waals surface area contributed by atoms with Crippen LogP contribution in [0.5, 0.6) is 0 Å². The van der Waals surface area contributed by atoms with E-state index in [2.05, 4.69) is 15.2 Å². The summed E-state index contributed by atoms with van der Waals surface area (Å²) in [7, 11) is 0. The summed E-state index contributed by atoms with van der Waals surface area (Å²) >= 11 is 0. The normalized spacial score (nSPS) is 16.2. The molecule has 0 bridgehead atoms. The molecule has 2 rings (SSSR count). The Morgan fingerprint density at radius 3 is 2.68 bits per heavy atom. The van der Waals surface area contributed by atoms with Crippen molar-refractivity contribution >= 4 is 18.2 Å². The minimum absolute atomic E-state index is 0.607. The molecule has 1 aliphatic rings. The van der Waals surface area contributed by atoms with Gasteiger partial charge in [0.15, 0.2) is 0 Å². The number of aromatic nitrogens is 1. The van der Waals surface area contributed by atoms with Gasteiger partial charge in [-0.3, -0.25) is 0 Å². The first-order valence-electron chi connectivity index (χ1n) is 7.55. The first-order chi connectivity index (χ1) is 10.4. The molecule has 1 aromatic heterocycles. The molecule has 1 amide bonds. The number of carbonyl (C=O) groups is 2. The maximum atomic E-state index is 11.9. The topological polar surface area (TPSA) is 71.5 Å². The number of nitrogens with one attached hydrogen (secondary N) is 1. The average Bonchev–Trinajstić information content (AvgIpc) is 2.97. The molecular formula is C16H23N3O3. The molecule has 0 radical (unpaired) electrons. The van der Waals surface area contributed by atoms with Crippen LogP contribution < -0.4 is 10.2 Å². The molecule has 1 unspecified atom stereocenters. The van der Waals surface area contributed by atoms with Crippen molar-refractivity contribution in [3.05, 3.63) is 23.9 Å². The van der Waals surface area contributed by atoms with Crippen LogP contribution in [0.1, 0.15) is 45.2 Å². The summed E-state index contributed by atoms with van der Waals surface area (Å²) in [5.41, 5.74) is 0.0924. The number of aldehydes is 1. The van der Waals surface area contributed by atoms with Gasteiger partial charge in [-0.05, 0) is 39.7 Å². The summed E-state index contributed by atoms with van der Waals surface area (Å²) in [4.78, 5) is 29.9. The number of carbonyl (C=O) groups excluding carboxylic acids is 2. The van der Waals surface area contributed by atoms with Gasteiger partial charge in [0.05, 0.1) is 0 Å². The maximum Gasteiger partial charge on any atom is 0.408 e. The van der Waals surface area contributed by atoms with Crippen molar-refractivity contribution in [2.75, 3.05) is 18.0 Å². The number of ether oxygens (including phenoxy) is 1. The number of amides is 1. The highest BCUT2D eigenvalue weighted by Crippen LogP contribution is 2.26. The van der Waals surface area contributed by atoms with Gasteiger partial charge < -0.3 is 19.7 Å². The van der Waals surface area contributed by atoms with Gasteiger partial charge in [0.25, 0.3) is 0 Å². The van der Waals surface area contributed by atoms with Crippen molar-refractivity contribution in [3.63, 3.8) is 0 Å². The van der Waals surface area contributed by atoms with Crippen LogP contribution in [0.2, 0.25) is 0 Å². The summed E-state index contributed by atoms with van der Waals surface area (Å²) in [5, 5.41) is 2.61. The second kappa shape index (κ2) is 6.77. The Hall–Kier alpha value is -2.11. The van der Waals surface area contributed by atoms with E-state index in [-0.39, 0.29) is 0 Å². The molecule has 1 aliphatic heterocycles. The summed E-state index contributed by atoms with van der Waals surface area (Å²) in [6.07, 6.45) is 4.02. The summed E-state index contributed by atoms with van der Waals surface area (Å²) < 4.78 is 5.21. The third-order valence-corrected chi connectivity index (χ3v) is 3.37. The van der Waals surface area contributed by atoms with Gasteiger partial charge in [0.1, 0.15) is 23.7 Å². The lowest BCUT2D eigenvalue weighted by atomic mass is 10.1. The highest BCUT2D eigenvalue weighted by Gasteiger charge is 2.25. The molecule has 1 N–H and O–H groups in total. The summed E-state index contributed by atoms with van der Waals surface area (Å²) in [5.74, 6) is 0.758. The number of nitrogens with zero attached hydrogens (tertiary/aromatic N) is 2. The highest BCUT2D eigenvalue weighted by molar-refractivity contribution is 5.76. The van der Waals surface area contributed by atoms with Crippen molar-refractivity contribution in [2.24, 2.45) is 0 Å². The van der Waals surface area contributed by atoms with Gasteiger partial charge in [-0.2, -0.15) is 0 Å². The first kappa shape index (κ1) is 16.3. The van der Waals surface area contributed by atoms with E-state index >= 15 is 0 Å². The van der Waals surface area contributed by atoms with E-state index in [0.717, 1.165) is 31.7 Å². The number of alkyl carbamates (subject to hydrolysis) is 1. The fraction of sp³-hybridized carbons (Fsp3) is 0.562. The molecule has 6 nitrogen and oxygen atoms in total. The molecule has 22 heavy (non-hydrogen) atoms. The van der Waals surface area contributed by atoms with Gasteiger partial charge in [-0.1, -0.05) is 6.07 Å². The zero-order valence-corrected chi connectivity index (χ0v) is 13.3. The second-order valence-electron chi connectivity index (χ2n) is 6.37. The summed E-state index contributed by atoms with van der Waals surface area (Å²) in [6, 6.07) is 2.82. The lowest BCUT2D eigenvalue weighted by molar-refractivity contribution is -0.109. The standard InChI is InChI=1S/C16H23N3O3/c1-16(2,3)22-15(21)18-13(11-20)12-7-6-8-17-14(12)19-9-4-5-10-19/h6-8,11,13H,4-5,9-10H2,1-3H3,(H,18,21). The molecule has 120 valence electrons. The largest absolute Gasteiger partial charge is 0.444 e. The van der Waals surface area contributed by atoms with Gasteiger partial charge in [0.2, 0.25) is 0 Å². The lowest BCUT2D eigenvalue weighted by Crippen LogP contribution is -2.36. The van der Waals surface area contributed by atoms with Crippen LogP contribution >= 0.6 is 0 Å². The zero-order valence-electron chi connectivity index (χ0n) is 13.3. The Kier molecular flexibility index (Phi) is 5.00. The molecule has 2 heterocycles. The van der Waals surface area contributed by atoms with Crippen LogP contribution in [0.3, 0.4) is 0 Å². The monoisotopic (exact) mass is 305 g/mol. The van der Waals surface area contributed by atoms with Gasteiger partial charge in [-0.25, -0.2) is 9.78 Å². The predicted molar refractivity (Wildman–Crippen MR) is 83.9 cm³/mol. The Morgan fingerprint density at radius 1 is 1.41 bits per heavy atom. The SMILES string of the molecule is CC(C)(C)OC(=O)NC(C=O)c1cccnc1N1CCCC1. The predicted octanol–water partition coefficient (Wildman–Crippen LogP) is 2.45. The first-order valence-corrected chi connectivity index (χ1v) is 7.55. The maximum absolute atomic E-state index is 11.9. The van der Waals surface area contributed by atoms with E-state index in [1.54, 1.807) is 33.0 Å². The van der Waals surface area contributed by atoms with E-state index < -0.39 is 17.7 Å². The Balaban J connectivity index is 2.17. The smallest absolute Gasteiger partial charge is 0.408 e. The Labute approximate surface area is 130 Å². The van der Waals surface area contributed by atoms with E-state index in [9.17, 15) is 9.59 Å². The van der Waals surface area contributed by atoms with E-state index in [1.165, 1.54) is 0 Å². The quantitative estimate of drug-likeness (QED) is 0.865. The molecule has 0 aromatic carbocycles. The van der Waals surface area contributed by atoms with E-state index in [1.807, 2.05) is 6.07 Å². The number of rotatable bonds is 4. The molecule has 1 fully saturated rings. The molecule has 1 saturated heterocycles. The highest BCUT2D eigenvalue weighted by atomic mass is 16.6. The average molecular weight is 305 g/mol. The fourth-order valence-corrected chi connectivity index (χ4v) is 2.46. The molecular weight excluding hydrogens is 282 g/mol. The van der Waals surface area contributed by atoms with Crippen molar-refractivity contribution in [3.8, 4) is 0 Å². The number of hydrogen-bond donors (Lipinski definition) is 1. The zero-order chi connectivity index (χ0) is 16.2. The minimum atomic E-state index is -0.765. The Bertz CT molecular complexity index is 534. The van der Waals surface area contributed by atoms with Crippen LogP contribution in [-0.2, 0) is 9.53 Å². The van der Waals surface area contributed by atoms with Gasteiger partial charge in [0, 0.05) is 24.8 Å². The number of anilines is 1. The molecule has 0 saturated carbocycles. The van der Waals surface area contributed by atoms with Crippen LogP contribution in [0.4, 0.5) is 10.6 Å². The van der Waals surface area contributed by atoms with Crippen LogP contribution in [0, 0.1) is 0 Å². The van der Waals surface area contributed by atoms with Gasteiger partial charge >= 0.3 is 6.09 Å². The molecule has 0 aliphatic carbocycles. The summed E-state index contributed by atoms with van der Waals surface area (Å²) in [6.45, 7) is 7.18. The molecule has 6 heteroatoms. The Morgan fingerprint density at radius 2 is 2.09 bits per heavy atom. The second-order valence-corrected chi connectivity index (χ2v) is 6.37. The van der Waals surface area contributed by atoms with Gasteiger partial charge in [-0.15, -0.1) is 0 Å². The third kappa shape index (κ3) is 4.19. The molecule has 0 spiro atoms. The van der Waals surface area contributed by atoms with Crippen molar-refractivity contribution in [2.45, 2.75) is 45.3 Å². The minimum Gasteiger partial charge on any atom is -0.444 e. The van der Waals surface area contributed by atoms with Crippen LogP contribution in [-0.4, -0.2) is 36.1 Å². The number of hydrogen-bond acceptors (Lipinski definition) is 5.